The Hall–Kier alpha value is -2.34. The van der Waals surface area contributed by atoms with Gasteiger partial charge in [-0.25, -0.2) is 9.78 Å². The molecule has 0 saturated carbocycles. The van der Waals surface area contributed by atoms with Crippen LogP contribution in [0.4, 0.5) is 5.69 Å². The molecule has 0 radical (unpaired) electrons. The van der Waals surface area contributed by atoms with Gasteiger partial charge in [0.05, 0.1) is 5.75 Å². The summed E-state index contributed by atoms with van der Waals surface area (Å²) < 4.78 is 0. The summed E-state index contributed by atoms with van der Waals surface area (Å²) in [5.41, 5.74) is 1.50. The van der Waals surface area contributed by atoms with E-state index < -0.39 is 5.97 Å². The molecule has 0 aliphatic heterocycles. The van der Waals surface area contributed by atoms with Gasteiger partial charge < -0.3 is 10.4 Å². The number of hydrogen-bond acceptors (Lipinski definition) is 4. The number of anilines is 1. The molecule has 0 atom stereocenters. The molecule has 5 nitrogen and oxygen atoms in total. The molecule has 0 saturated heterocycles. The lowest BCUT2D eigenvalue weighted by molar-refractivity contribution is -0.113. The minimum Gasteiger partial charge on any atom is -0.477 e. The fourth-order valence-electron chi connectivity index (χ4n) is 1.66. The van der Waals surface area contributed by atoms with Crippen LogP contribution in [0.3, 0.4) is 0 Å². The lowest BCUT2D eigenvalue weighted by atomic mass is 10.2. The molecule has 2 rings (SSSR count). The monoisotopic (exact) mass is 302 g/mol. The zero-order chi connectivity index (χ0) is 15.1. The van der Waals surface area contributed by atoms with E-state index >= 15 is 0 Å². The molecule has 0 bridgehead atoms. The van der Waals surface area contributed by atoms with Gasteiger partial charge in [-0.1, -0.05) is 30.3 Å². The molecule has 6 heteroatoms. The third-order valence-corrected chi connectivity index (χ3v) is 3.61. The number of rotatable bonds is 6. The van der Waals surface area contributed by atoms with Gasteiger partial charge in [-0.2, -0.15) is 0 Å². The summed E-state index contributed by atoms with van der Waals surface area (Å²) in [4.78, 5) is 26.3. The lowest BCUT2D eigenvalue weighted by Gasteiger charge is -2.05. The van der Waals surface area contributed by atoms with E-state index in [1.807, 2.05) is 30.3 Å². The smallest absolute Gasteiger partial charge is 0.354 e. The van der Waals surface area contributed by atoms with Crippen LogP contribution in [0.15, 0.2) is 48.7 Å². The maximum absolute atomic E-state index is 11.8. The van der Waals surface area contributed by atoms with Gasteiger partial charge in [-0.3, -0.25) is 4.79 Å². The Morgan fingerprint density at radius 2 is 1.95 bits per heavy atom. The highest BCUT2D eigenvalue weighted by molar-refractivity contribution is 7.99. The molecule has 1 aromatic carbocycles. The van der Waals surface area contributed by atoms with Crippen molar-refractivity contribution in [2.45, 2.75) is 5.75 Å². The summed E-state index contributed by atoms with van der Waals surface area (Å²) in [5.74, 6) is -0.229. The first-order chi connectivity index (χ1) is 10.1. The quantitative estimate of drug-likeness (QED) is 0.857. The van der Waals surface area contributed by atoms with E-state index in [0.717, 1.165) is 11.3 Å². The number of benzene rings is 1. The Kier molecular flexibility index (Phi) is 5.34. The van der Waals surface area contributed by atoms with Crippen molar-refractivity contribution in [3.8, 4) is 0 Å². The molecular formula is C15H14N2O3S. The second-order valence-corrected chi connectivity index (χ2v) is 5.25. The van der Waals surface area contributed by atoms with Crippen molar-refractivity contribution in [3.63, 3.8) is 0 Å². The standard InChI is InChI=1S/C15H14N2O3S/c18-14(10-21-9-11-4-2-1-3-5-11)17-12-6-7-16-13(8-12)15(19)20/h1-8H,9-10H2,(H,19,20)(H,16,17,18). The van der Waals surface area contributed by atoms with Crippen molar-refractivity contribution in [1.82, 2.24) is 4.98 Å². The molecule has 0 aliphatic rings. The van der Waals surface area contributed by atoms with Gasteiger partial charge in [0.15, 0.2) is 0 Å². The minimum atomic E-state index is -1.12. The van der Waals surface area contributed by atoms with Crippen LogP contribution in [0.25, 0.3) is 0 Å². The van der Waals surface area contributed by atoms with Crippen LogP contribution >= 0.6 is 11.8 Å². The van der Waals surface area contributed by atoms with Gasteiger partial charge in [0.1, 0.15) is 5.69 Å². The molecule has 108 valence electrons. The van der Waals surface area contributed by atoms with Gasteiger partial charge in [0, 0.05) is 17.6 Å². The maximum Gasteiger partial charge on any atom is 0.354 e. The molecule has 1 aromatic heterocycles. The molecule has 2 N–H and O–H groups in total. The van der Waals surface area contributed by atoms with Crippen molar-refractivity contribution >= 4 is 29.3 Å². The molecule has 0 fully saturated rings. The highest BCUT2D eigenvalue weighted by Crippen LogP contribution is 2.13. The first kappa shape index (κ1) is 15.1. The average molecular weight is 302 g/mol. The number of hydrogen-bond donors (Lipinski definition) is 2. The molecule has 0 unspecified atom stereocenters. The number of amides is 1. The second-order valence-electron chi connectivity index (χ2n) is 4.26. The zero-order valence-corrected chi connectivity index (χ0v) is 12.0. The summed E-state index contributed by atoms with van der Waals surface area (Å²) in [6.07, 6.45) is 1.36. The number of nitrogens with zero attached hydrogens (tertiary/aromatic N) is 1. The van der Waals surface area contributed by atoms with Crippen LogP contribution in [0.5, 0.6) is 0 Å². The number of carboxylic acid groups (broad SMARTS) is 1. The number of thioether (sulfide) groups is 1. The first-order valence-corrected chi connectivity index (χ1v) is 7.41. The number of nitrogens with one attached hydrogen (secondary N) is 1. The number of pyridine rings is 1. The molecule has 2 aromatic rings. The summed E-state index contributed by atoms with van der Waals surface area (Å²) in [6, 6.07) is 12.8. The number of carbonyl (C=O) groups is 2. The Labute approximate surface area is 126 Å². The summed E-state index contributed by atoms with van der Waals surface area (Å²) in [5, 5.41) is 11.5. The van der Waals surface area contributed by atoms with Crippen LogP contribution < -0.4 is 5.32 Å². The van der Waals surface area contributed by atoms with E-state index in [1.165, 1.54) is 24.0 Å². The van der Waals surface area contributed by atoms with Crippen molar-refractivity contribution in [3.05, 3.63) is 59.9 Å². The summed E-state index contributed by atoms with van der Waals surface area (Å²) in [7, 11) is 0. The third kappa shape index (κ3) is 4.92. The van der Waals surface area contributed by atoms with Crippen molar-refractivity contribution in [1.29, 1.82) is 0 Å². The van der Waals surface area contributed by atoms with Gasteiger partial charge in [0.2, 0.25) is 5.91 Å². The van der Waals surface area contributed by atoms with Crippen LogP contribution in [-0.4, -0.2) is 27.7 Å². The van der Waals surface area contributed by atoms with Crippen molar-refractivity contribution < 1.29 is 14.7 Å². The van der Waals surface area contributed by atoms with E-state index in [4.69, 9.17) is 5.11 Å². The number of aromatic nitrogens is 1. The predicted molar refractivity (Wildman–Crippen MR) is 82.4 cm³/mol. The molecule has 0 aliphatic carbocycles. The van der Waals surface area contributed by atoms with Crippen LogP contribution in [-0.2, 0) is 10.5 Å². The molecule has 1 heterocycles. The maximum atomic E-state index is 11.8. The average Bonchev–Trinajstić information content (AvgIpc) is 2.48. The first-order valence-electron chi connectivity index (χ1n) is 6.26. The lowest BCUT2D eigenvalue weighted by Crippen LogP contribution is -2.15. The molecule has 0 spiro atoms. The van der Waals surface area contributed by atoms with E-state index in [0.29, 0.717) is 11.4 Å². The predicted octanol–water partition coefficient (Wildman–Crippen LogP) is 2.65. The SMILES string of the molecule is O=C(CSCc1ccccc1)Nc1ccnc(C(=O)O)c1. The Bertz CT molecular complexity index is 632. The second kappa shape index (κ2) is 7.44. The molecule has 1 amide bonds. The van der Waals surface area contributed by atoms with E-state index in [2.05, 4.69) is 10.3 Å². The Morgan fingerprint density at radius 3 is 2.67 bits per heavy atom. The van der Waals surface area contributed by atoms with E-state index in [1.54, 1.807) is 6.07 Å². The van der Waals surface area contributed by atoms with Gasteiger partial charge in [-0.05, 0) is 17.7 Å². The zero-order valence-electron chi connectivity index (χ0n) is 11.2. The summed E-state index contributed by atoms with van der Waals surface area (Å²) in [6.45, 7) is 0. The highest BCUT2D eigenvalue weighted by atomic mass is 32.2. The van der Waals surface area contributed by atoms with E-state index in [9.17, 15) is 9.59 Å². The molecule has 21 heavy (non-hydrogen) atoms. The third-order valence-electron chi connectivity index (χ3n) is 2.61. The fraction of sp³-hybridized carbons (Fsp3) is 0.133. The van der Waals surface area contributed by atoms with Crippen LogP contribution in [0.2, 0.25) is 0 Å². The number of carboxylic acids is 1. The van der Waals surface area contributed by atoms with Crippen molar-refractivity contribution in [2.75, 3.05) is 11.1 Å². The van der Waals surface area contributed by atoms with Gasteiger partial charge >= 0.3 is 5.97 Å². The molecular weight excluding hydrogens is 288 g/mol. The number of aromatic carboxylic acids is 1. The topological polar surface area (TPSA) is 79.3 Å². The van der Waals surface area contributed by atoms with Gasteiger partial charge in [-0.15, -0.1) is 11.8 Å². The Morgan fingerprint density at radius 1 is 1.19 bits per heavy atom. The van der Waals surface area contributed by atoms with Gasteiger partial charge in [0.25, 0.3) is 0 Å². The minimum absolute atomic E-state index is 0.0928. The van der Waals surface area contributed by atoms with Crippen molar-refractivity contribution in [2.24, 2.45) is 0 Å². The normalized spacial score (nSPS) is 10.1. The largest absolute Gasteiger partial charge is 0.477 e. The fourth-order valence-corrected chi connectivity index (χ4v) is 2.45. The van der Waals surface area contributed by atoms with Crippen LogP contribution in [0.1, 0.15) is 16.1 Å². The summed E-state index contributed by atoms with van der Waals surface area (Å²) >= 11 is 1.50. The Balaban J connectivity index is 1.82. The van der Waals surface area contributed by atoms with E-state index in [-0.39, 0.29) is 11.6 Å². The number of carbonyl (C=O) groups excluding carboxylic acids is 1. The highest BCUT2D eigenvalue weighted by Gasteiger charge is 2.07. The van der Waals surface area contributed by atoms with Crippen LogP contribution in [0, 0.1) is 0 Å².